The fourth-order valence-electron chi connectivity index (χ4n) is 4.01. The van der Waals surface area contributed by atoms with Crippen molar-refractivity contribution in [3.05, 3.63) is 95.9 Å². The van der Waals surface area contributed by atoms with E-state index < -0.39 is 30.6 Å². The minimum atomic E-state index is -3.94. The van der Waals surface area contributed by atoms with Crippen LogP contribution in [0, 0.1) is 11.7 Å². The molecule has 0 saturated carbocycles. The molecule has 1 aromatic heterocycles. The Morgan fingerprint density at radius 1 is 1.06 bits per heavy atom. The van der Waals surface area contributed by atoms with Crippen molar-refractivity contribution in [1.82, 2.24) is 4.98 Å². The quantitative estimate of drug-likeness (QED) is 0.365. The Labute approximate surface area is 198 Å². The molecular weight excluding hydrogens is 456 g/mol. The van der Waals surface area contributed by atoms with Crippen molar-refractivity contribution < 1.29 is 28.9 Å². The van der Waals surface area contributed by atoms with Gasteiger partial charge in [-0.05, 0) is 42.2 Å². The molecule has 3 atom stereocenters. The molecule has 0 amide bonds. The van der Waals surface area contributed by atoms with Gasteiger partial charge in [-0.15, -0.1) is 0 Å². The van der Waals surface area contributed by atoms with E-state index in [1.54, 1.807) is 26.0 Å². The lowest BCUT2D eigenvalue weighted by atomic mass is 9.76. The molecular formula is C26H27FNO5P. The van der Waals surface area contributed by atoms with Crippen LogP contribution in [0.3, 0.4) is 0 Å². The maximum absolute atomic E-state index is 13.3. The Morgan fingerprint density at radius 2 is 1.71 bits per heavy atom. The number of carboxylic acids is 1. The van der Waals surface area contributed by atoms with Crippen LogP contribution in [0.1, 0.15) is 31.5 Å². The van der Waals surface area contributed by atoms with Crippen LogP contribution >= 0.6 is 8.03 Å². The van der Waals surface area contributed by atoms with E-state index >= 15 is 0 Å². The lowest BCUT2D eigenvalue weighted by molar-refractivity contribution is -0.148. The summed E-state index contributed by atoms with van der Waals surface area (Å²) in [5.74, 6) is -2.38. The minimum Gasteiger partial charge on any atom is -0.480 e. The Morgan fingerprint density at radius 3 is 2.26 bits per heavy atom. The van der Waals surface area contributed by atoms with Gasteiger partial charge >= 0.3 is 5.97 Å². The van der Waals surface area contributed by atoms with E-state index in [2.05, 4.69) is 4.98 Å². The second-order valence-electron chi connectivity index (χ2n) is 8.54. The van der Waals surface area contributed by atoms with Gasteiger partial charge in [-0.25, -0.2) is 9.37 Å². The zero-order chi connectivity index (χ0) is 24.9. The van der Waals surface area contributed by atoms with Crippen LogP contribution in [0.5, 0.6) is 0 Å². The van der Waals surface area contributed by atoms with Crippen LogP contribution in [0.4, 0.5) is 4.39 Å². The van der Waals surface area contributed by atoms with E-state index in [1.165, 1.54) is 36.4 Å². The molecule has 178 valence electrons. The van der Waals surface area contributed by atoms with Gasteiger partial charge in [-0.1, -0.05) is 74.5 Å². The lowest BCUT2D eigenvalue weighted by Crippen LogP contribution is -2.54. The first-order valence-corrected chi connectivity index (χ1v) is 12.1. The highest BCUT2D eigenvalue weighted by atomic mass is 31.1. The molecule has 0 bridgehead atoms. The molecule has 0 spiro atoms. The Hall–Kier alpha value is -3.12. The van der Waals surface area contributed by atoms with Crippen LogP contribution in [0.25, 0.3) is 17.3 Å². The van der Waals surface area contributed by atoms with Crippen molar-refractivity contribution in [3.63, 3.8) is 0 Å². The number of benzene rings is 2. The number of halogens is 1. The molecule has 3 unspecified atom stereocenters. The first-order valence-electron chi connectivity index (χ1n) is 10.8. The number of hydrogen-bond acceptors (Lipinski definition) is 4. The predicted octanol–water partition coefficient (Wildman–Crippen LogP) is 5.13. The average molecular weight is 483 g/mol. The highest BCUT2D eigenvalue weighted by Gasteiger charge is 2.60. The van der Waals surface area contributed by atoms with E-state index in [0.717, 1.165) is 11.6 Å². The molecule has 3 aromatic rings. The molecule has 3 rings (SSSR count). The second kappa shape index (κ2) is 10.4. The van der Waals surface area contributed by atoms with Gasteiger partial charge in [-0.2, -0.15) is 0 Å². The minimum absolute atomic E-state index is 0.0268. The molecule has 0 aliphatic rings. The Kier molecular flexibility index (Phi) is 7.82. The molecule has 0 aliphatic heterocycles. The van der Waals surface area contributed by atoms with Gasteiger partial charge in [0.1, 0.15) is 11.4 Å². The first kappa shape index (κ1) is 25.5. The summed E-state index contributed by atoms with van der Waals surface area (Å²) in [6.07, 6.45) is 2.19. The topological polar surface area (TPSA) is 108 Å². The molecule has 0 radical (unpaired) electrons. The summed E-state index contributed by atoms with van der Waals surface area (Å²) in [4.78, 5) is 27.6. The zero-order valence-electron chi connectivity index (χ0n) is 18.9. The number of aliphatic hydroxyl groups is 1. The van der Waals surface area contributed by atoms with Gasteiger partial charge in [0.25, 0.3) is 0 Å². The van der Waals surface area contributed by atoms with Crippen molar-refractivity contribution in [1.29, 1.82) is 0 Å². The molecule has 8 heteroatoms. The molecule has 6 nitrogen and oxygen atoms in total. The third-order valence-electron chi connectivity index (χ3n) is 5.67. The summed E-state index contributed by atoms with van der Waals surface area (Å²) in [6, 6.07) is 19.1. The number of carboxylic acid groups (broad SMARTS) is 1. The fourth-order valence-corrected chi connectivity index (χ4v) is 5.01. The average Bonchev–Trinajstić information content (AvgIpc) is 2.80. The molecule has 0 aliphatic carbocycles. The van der Waals surface area contributed by atoms with Crippen molar-refractivity contribution in [2.45, 2.75) is 31.0 Å². The number of pyridine rings is 1. The van der Waals surface area contributed by atoms with E-state index in [1.807, 2.05) is 30.3 Å². The van der Waals surface area contributed by atoms with Gasteiger partial charge in [0.15, 0.2) is 5.16 Å². The van der Waals surface area contributed by atoms with Crippen LogP contribution in [-0.2, 0) is 15.0 Å². The third-order valence-corrected chi connectivity index (χ3v) is 7.14. The smallest absolute Gasteiger partial charge is 0.326 e. The summed E-state index contributed by atoms with van der Waals surface area (Å²) in [6.45, 7) is 3.55. The summed E-state index contributed by atoms with van der Waals surface area (Å²) in [7, 11) is -3.94. The maximum atomic E-state index is 13.3. The van der Waals surface area contributed by atoms with Crippen LogP contribution in [-0.4, -0.2) is 31.2 Å². The highest BCUT2D eigenvalue weighted by molar-refractivity contribution is 7.42. The number of hydrogen-bond donors (Lipinski definition) is 3. The highest BCUT2D eigenvalue weighted by Crippen LogP contribution is 2.53. The number of aromatic nitrogens is 1. The van der Waals surface area contributed by atoms with Crippen molar-refractivity contribution in [2.75, 3.05) is 0 Å². The molecule has 2 aromatic carbocycles. The van der Waals surface area contributed by atoms with E-state index in [9.17, 15) is 28.9 Å². The summed E-state index contributed by atoms with van der Waals surface area (Å²) >= 11 is 0. The molecule has 34 heavy (non-hydrogen) atoms. The van der Waals surface area contributed by atoms with Crippen LogP contribution in [0.2, 0.25) is 0 Å². The number of aliphatic carboxylic acids is 1. The fraction of sp³-hybridized carbons (Fsp3) is 0.231. The molecule has 3 N–H and O–H groups in total. The second-order valence-corrected chi connectivity index (χ2v) is 9.93. The van der Waals surface area contributed by atoms with Crippen LogP contribution in [0.15, 0.2) is 78.9 Å². The SMILES string of the molecule is CC(C)CC(O)(c1cccc(-c2ccccc2)n1)C(C=Cc1ccc(F)cc1)(C(=O)O)[PH](=O)O. The third kappa shape index (κ3) is 5.02. The van der Waals surface area contributed by atoms with Gasteiger partial charge in [0.05, 0.1) is 11.4 Å². The van der Waals surface area contributed by atoms with Gasteiger partial charge < -0.3 is 15.1 Å². The van der Waals surface area contributed by atoms with Crippen molar-refractivity contribution >= 4 is 20.1 Å². The van der Waals surface area contributed by atoms with Crippen molar-refractivity contribution in [3.8, 4) is 11.3 Å². The first-order chi connectivity index (χ1) is 16.1. The monoisotopic (exact) mass is 483 g/mol. The van der Waals surface area contributed by atoms with Crippen LogP contribution < -0.4 is 0 Å². The van der Waals surface area contributed by atoms with Crippen molar-refractivity contribution in [2.24, 2.45) is 5.92 Å². The zero-order valence-corrected chi connectivity index (χ0v) is 19.9. The summed E-state index contributed by atoms with van der Waals surface area (Å²) in [5, 5.41) is 19.7. The predicted molar refractivity (Wildman–Crippen MR) is 130 cm³/mol. The summed E-state index contributed by atoms with van der Waals surface area (Å²) < 4.78 is 26.1. The normalized spacial score (nSPS) is 16.2. The Balaban J connectivity index is 2.24. The number of rotatable bonds is 9. The lowest BCUT2D eigenvalue weighted by Gasteiger charge is -2.41. The van der Waals surface area contributed by atoms with Gasteiger partial charge in [-0.3, -0.25) is 9.36 Å². The largest absolute Gasteiger partial charge is 0.480 e. The standard InChI is InChI=1S/C26H27FNO5P/c1-18(2)17-25(31,23-10-6-9-22(28-23)20-7-4-3-5-8-20)26(24(29)30,34(32)33)16-15-19-11-13-21(27)14-12-19/h3-16,18,31,34H,17H2,1-2H3,(H,29,30)(H,32,33). The number of carbonyl (C=O) groups is 1. The van der Waals surface area contributed by atoms with Gasteiger partial charge in [0.2, 0.25) is 8.03 Å². The van der Waals surface area contributed by atoms with E-state index in [-0.39, 0.29) is 18.0 Å². The molecule has 0 saturated heterocycles. The maximum Gasteiger partial charge on any atom is 0.326 e. The molecule has 0 fully saturated rings. The molecule has 1 heterocycles. The summed E-state index contributed by atoms with van der Waals surface area (Å²) in [5.41, 5.74) is -0.705. The van der Waals surface area contributed by atoms with E-state index in [0.29, 0.717) is 11.3 Å². The Bertz CT molecular complexity index is 1180. The number of nitrogens with zero attached hydrogens (tertiary/aromatic N) is 1. The van der Waals surface area contributed by atoms with E-state index in [4.69, 9.17) is 0 Å². The van der Waals surface area contributed by atoms with Gasteiger partial charge in [0, 0.05) is 5.56 Å².